The normalized spacial score (nSPS) is 11.7. The van der Waals surface area contributed by atoms with Crippen molar-refractivity contribution < 1.29 is 13.2 Å². The maximum atomic E-state index is 12.3. The molecule has 0 saturated carbocycles. The predicted octanol–water partition coefficient (Wildman–Crippen LogP) is 1.26. The quantitative estimate of drug-likeness (QED) is 0.799. The summed E-state index contributed by atoms with van der Waals surface area (Å²) in [5.41, 5.74) is 4.45. The Bertz CT molecular complexity index is 491. The van der Waals surface area contributed by atoms with Gasteiger partial charge in [0.25, 0.3) is 0 Å². The Morgan fingerprint density at radius 1 is 1.31 bits per heavy atom. The van der Waals surface area contributed by atoms with Crippen molar-refractivity contribution in [2.24, 2.45) is 0 Å². The first-order valence-electron chi connectivity index (χ1n) is 4.18. The van der Waals surface area contributed by atoms with Crippen molar-refractivity contribution in [3.05, 3.63) is 30.2 Å². The third-order valence-electron chi connectivity index (χ3n) is 1.86. The number of hydrogen-bond donors (Lipinski definition) is 1. The fraction of sp³-hybridized carbons (Fsp3) is 0.125. The standard InChI is InChI=1S/C8H6F3N5/c9-8(10,11)5-3-6(12)7(13-4-5)16-2-1-14-15-16/h1-4H,12H2. The van der Waals surface area contributed by atoms with Crippen LogP contribution in [0, 0.1) is 0 Å². The molecule has 0 aliphatic heterocycles. The van der Waals surface area contributed by atoms with E-state index in [2.05, 4.69) is 15.3 Å². The van der Waals surface area contributed by atoms with Crippen molar-refractivity contribution in [1.29, 1.82) is 0 Å². The molecule has 0 amide bonds. The molecule has 16 heavy (non-hydrogen) atoms. The number of nitrogens with zero attached hydrogens (tertiary/aromatic N) is 4. The number of halogens is 3. The van der Waals surface area contributed by atoms with E-state index in [1.54, 1.807) is 0 Å². The topological polar surface area (TPSA) is 69.6 Å². The second-order valence-electron chi connectivity index (χ2n) is 2.98. The molecule has 0 radical (unpaired) electrons. The first-order chi connectivity index (χ1) is 7.48. The molecule has 5 nitrogen and oxygen atoms in total. The Hall–Kier alpha value is -2.12. The predicted molar refractivity (Wildman–Crippen MR) is 48.6 cm³/mol. The third kappa shape index (κ3) is 1.81. The van der Waals surface area contributed by atoms with Gasteiger partial charge in [-0.1, -0.05) is 5.21 Å². The van der Waals surface area contributed by atoms with Crippen LogP contribution in [0.5, 0.6) is 0 Å². The number of aromatic nitrogens is 4. The molecular formula is C8H6F3N5. The Morgan fingerprint density at radius 3 is 2.56 bits per heavy atom. The zero-order chi connectivity index (χ0) is 11.8. The molecule has 0 fully saturated rings. The summed E-state index contributed by atoms with van der Waals surface area (Å²) in [5, 5.41) is 7.09. The van der Waals surface area contributed by atoms with Gasteiger partial charge in [0.2, 0.25) is 0 Å². The molecule has 2 aromatic heterocycles. The molecule has 2 aromatic rings. The minimum atomic E-state index is -4.46. The molecule has 0 spiro atoms. The highest BCUT2D eigenvalue weighted by atomic mass is 19.4. The second-order valence-corrected chi connectivity index (χ2v) is 2.98. The number of nitrogens with two attached hydrogens (primary N) is 1. The molecule has 84 valence electrons. The minimum absolute atomic E-state index is 0.111. The number of anilines is 1. The summed E-state index contributed by atoms with van der Waals surface area (Å²) in [5.74, 6) is 0.116. The van der Waals surface area contributed by atoms with E-state index in [4.69, 9.17) is 5.73 Å². The Labute approximate surface area is 87.7 Å². The summed E-state index contributed by atoms with van der Waals surface area (Å²) in [4.78, 5) is 3.60. The minimum Gasteiger partial charge on any atom is -0.396 e. The maximum absolute atomic E-state index is 12.3. The number of rotatable bonds is 1. The van der Waals surface area contributed by atoms with E-state index in [9.17, 15) is 13.2 Å². The van der Waals surface area contributed by atoms with Gasteiger partial charge >= 0.3 is 6.18 Å². The van der Waals surface area contributed by atoms with E-state index in [-0.39, 0.29) is 11.5 Å². The molecule has 0 aliphatic carbocycles. The number of hydrogen-bond acceptors (Lipinski definition) is 4. The van der Waals surface area contributed by atoms with Gasteiger partial charge in [0, 0.05) is 6.20 Å². The lowest BCUT2D eigenvalue weighted by atomic mass is 10.2. The van der Waals surface area contributed by atoms with Crippen molar-refractivity contribution in [2.45, 2.75) is 6.18 Å². The summed E-state index contributed by atoms with van der Waals surface area (Å²) in [6.07, 6.45) is -0.944. The van der Waals surface area contributed by atoms with E-state index in [0.717, 1.165) is 6.07 Å². The first kappa shape index (κ1) is 10.4. The van der Waals surface area contributed by atoms with Crippen molar-refractivity contribution >= 4 is 5.69 Å². The van der Waals surface area contributed by atoms with Gasteiger partial charge in [0.05, 0.1) is 23.6 Å². The van der Waals surface area contributed by atoms with Gasteiger partial charge in [0.1, 0.15) is 0 Å². The van der Waals surface area contributed by atoms with Crippen LogP contribution in [-0.4, -0.2) is 20.0 Å². The lowest BCUT2D eigenvalue weighted by molar-refractivity contribution is -0.137. The molecule has 8 heteroatoms. The summed E-state index contributed by atoms with van der Waals surface area (Å²) in [7, 11) is 0. The molecule has 0 unspecified atom stereocenters. The van der Waals surface area contributed by atoms with Crippen LogP contribution >= 0.6 is 0 Å². The van der Waals surface area contributed by atoms with Crippen LogP contribution in [0.2, 0.25) is 0 Å². The van der Waals surface area contributed by atoms with Crippen molar-refractivity contribution in [2.75, 3.05) is 5.73 Å². The maximum Gasteiger partial charge on any atom is 0.417 e. The highest BCUT2D eigenvalue weighted by molar-refractivity contribution is 5.54. The Balaban J connectivity index is 2.46. The molecule has 2 rings (SSSR count). The van der Waals surface area contributed by atoms with E-state index in [1.165, 1.54) is 17.1 Å². The Kier molecular flexibility index (Phi) is 2.26. The number of pyridine rings is 1. The number of nitrogen functional groups attached to an aromatic ring is 1. The first-order valence-corrected chi connectivity index (χ1v) is 4.18. The summed E-state index contributed by atoms with van der Waals surface area (Å²) in [6, 6.07) is 0.810. The smallest absolute Gasteiger partial charge is 0.396 e. The van der Waals surface area contributed by atoms with Gasteiger partial charge < -0.3 is 5.73 Å². The fourth-order valence-electron chi connectivity index (χ4n) is 1.14. The van der Waals surface area contributed by atoms with E-state index in [1.807, 2.05) is 0 Å². The van der Waals surface area contributed by atoms with Gasteiger partial charge in [-0.25, -0.2) is 9.67 Å². The van der Waals surface area contributed by atoms with Crippen LogP contribution in [-0.2, 0) is 6.18 Å². The lowest BCUT2D eigenvalue weighted by Crippen LogP contribution is -2.10. The van der Waals surface area contributed by atoms with Gasteiger partial charge in [-0.2, -0.15) is 13.2 Å². The van der Waals surface area contributed by atoms with E-state index >= 15 is 0 Å². The lowest BCUT2D eigenvalue weighted by Gasteiger charge is -2.09. The van der Waals surface area contributed by atoms with Gasteiger partial charge in [-0.05, 0) is 6.07 Å². The van der Waals surface area contributed by atoms with Gasteiger partial charge in [0.15, 0.2) is 5.82 Å². The molecule has 0 atom stereocenters. The summed E-state index contributed by atoms with van der Waals surface area (Å²) in [6.45, 7) is 0. The zero-order valence-corrected chi connectivity index (χ0v) is 7.81. The monoisotopic (exact) mass is 229 g/mol. The molecule has 2 heterocycles. The van der Waals surface area contributed by atoms with Crippen LogP contribution in [0.4, 0.5) is 18.9 Å². The molecule has 0 aromatic carbocycles. The third-order valence-corrected chi connectivity index (χ3v) is 1.86. The second kappa shape index (κ2) is 3.47. The highest BCUT2D eigenvalue weighted by Crippen LogP contribution is 2.30. The van der Waals surface area contributed by atoms with Crippen LogP contribution in [0.15, 0.2) is 24.7 Å². The van der Waals surface area contributed by atoms with Crippen molar-refractivity contribution in [3.8, 4) is 5.82 Å². The number of alkyl halides is 3. The molecule has 0 bridgehead atoms. The van der Waals surface area contributed by atoms with Gasteiger partial charge in [-0.3, -0.25) is 0 Å². The largest absolute Gasteiger partial charge is 0.417 e. The van der Waals surface area contributed by atoms with E-state index < -0.39 is 11.7 Å². The van der Waals surface area contributed by atoms with Crippen molar-refractivity contribution in [1.82, 2.24) is 20.0 Å². The van der Waals surface area contributed by atoms with Crippen LogP contribution in [0.25, 0.3) is 5.82 Å². The fourth-order valence-corrected chi connectivity index (χ4v) is 1.14. The average Bonchev–Trinajstić information content (AvgIpc) is 2.69. The van der Waals surface area contributed by atoms with Crippen LogP contribution in [0.3, 0.4) is 0 Å². The average molecular weight is 229 g/mol. The molecule has 0 aliphatic rings. The summed E-state index contributed by atoms with van der Waals surface area (Å²) < 4.78 is 38.1. The molecular weight excluding hydrogens is 223 g/mol. The summed E-state index contributed by atoms with van der Waals surface area (Å²) >= 11 is 0. The highest BCUT2D eigenvalue weighted by Gasteiger charge is 2.31. The Morgan fingerprint density at radius 2 is 2.06 bits per heavy atom. The van der Waals surface area contributed by atoms with Gasteiger partial charge in [-0.15, -0.1) is 5.10 Å². The van der Waals surface area contributed by atoms with Crippen LogP contribution < -0.4 is 5.73 Å². The SMILES string of the molecule is Nc1cc(C(F)(F)F)cnc1-n1ccnn1. The van der Waals surface area contributed by atoms with E-state index in [0.29, 0.717) is 6.20 Å². The zero-order valence-electron chi connectivity index (χ0n) is 7.81. The van der Waals surface area contributed by atoms with Crippen LogP contribution in [0.1, 0.15) is 5.56 Å². The van der Waals surface area contributed by atoms with Crippen molar-refractivity contribution in [3.63, 3.8) is 0 Å². The molecule has 2 N–H and O–H groups in total. The molecule has 0 saturated heterocycles.